The van der Waals surface area contributed by atoms with Gasteiger partial charge in [-0.25, -0.2) is 0 Å². The largest absolute Gasteiger partial charge is 0.290 e. The molecule has 0 bridgehead atoms. The van der Waals surface area contributed by atoms with Gasteiger partial charge >= 0.3 is 0 Å². The van der Waals surface area contributed by atoms with E-state index in [-0.39, 0.29) is 0 Å². The molecule has 1 N–H and O–H groups in total. The third-order valence-corrected chi connectivity index (χ3v) is 1.16. The Morgan fingerprint density at radius 3 is 2.56 bits per heavy atom. The van der Waals surface area contributed by atoms with Crippen molar-refractivity contribution in [2.45, 2.75) is 26.2 Å². The van der Waals surface area contributed by atoms with Crippen LogP contribution < -0.4 is 0 Å². The smallest absolute Gasteiger partial charge is 0.0601 e. The number of rotatable bonds is 5. The Morgan fingerprint density at radius 2 is 2.11 bits per heavy atom. The van der Waals surface area contributed by atoms with Crippen molar-refractivity contribution < 1.29 is 10.0 Å². The minimum Gasteiger partial charge on any atom is -0.290 e. The molecule has 0 amide bonds. The Labute approximate surface area is 56.1 Å². The number of hydrogen-bond donors (Lipinski definition) is 1. The molecule has 3 heteroatoms. The van der Waals surface area contributed by atoms with Crippen molar-refractivity contribution in [2.75, 3.05) is 13.7 Å². The first-order valence-corrected chi connectivity index (χ1v) is 3.31. The lowest BCUT2D eigenvalue weighted by atomic mass is 10.2. The molecule has 9 heavy (non-hydrogen) atoms. The highest BCUT2D eigenvalue weighted by atomic mass is 16.9. The molecule has 0 aliphatic rings. The van der Waals surface area contributed by atoms with Gasteiger partial charge in [0.25, 0.3) is 0 Å². The minimum absolute atomic E-state index is 0.602. The van der Waals surface area contributed by atoms with E-state index in [1.54, 1.807) is 0 Å². The molecule has 0 aromatic rings. The molecule has 0 rings (SSSR count). The van der Waals surface area contributed by atoms with E-state index >= 15 is 0 Å². The van der Waals surface area contributed by atoms with Crippen LogP contribution in [0.15, 0.2) is 0 Å². The zero-order valence-electron chi connectivity index (χ0n) is 6.13. The first-order valence-electron chi connectivity index (χ1n) is 3.31. The third-order valence-electron chi connectivity index (χ3n) is 1.16. The van der Waals surface area contributed by atoms with E-state index in [4.69, 9.17) is 5.21 Å². The monoisotopic (exact) mass is 133 g/mol. The maximum atomic E-state index is 8.70. The van der Waals surface area contributed by atoms with Gasteiger partial charge in [-0.05, 0) is 6.42 Å². The Bertz CT molecular complexity index is 59.0. The topological polar surface area (TPSA) is 32.7 Å². The maximum Gasteiger partial charge on any atom is 0.0601 e. The molecule has 0 atom stereocenters. The van der Waals surface area contributed by atoms with E-state index in [0.29, 0.717) is 6.54 Å². The number of unbranched alkanes of at least 4 members (excludes halogenated alkanes) is 2. The van der Waals surface area contributed by atoms with Gasteiger partial charge in [0.1, 0.15) is 0 Å². The van der Waals surface area contributed by atoms with Crippen LogP contribution in [0.1, 0.15) is 26.2 Å². The van der Waals surface area contributed by atoms with Crippen LogP contribution in [0.25, 0.3) is 0 Å². The van der Waals surface area contributed by atoms with Gasteiger partial charge in [0, 0.05) is 0 Å². The standard InChI is InChI=1S/C6H15NO2/c1-3-4-5-6-7(8)9-2/h8H,3-6H2,1-2H3. The van der Waals surface area contributed by atoms with E-state index < -0.39 is 0 Å². The molecular weight excluding hydrogens is 118 g/mol. The fourth-order valence-electron chi connectivity index (χ4n) is 0.588. The van der Waals surface area contributed by atoms with Crippen LogP contribution in [-0.2, 0) is 4.84 Å². The van der Waals surface area contributed by atoms with E-state index in [1.807, 2.05) is 0 Å². The van der Waals surface area contributed by atoms with E-state index in [0.717, 1.165) is 24.5 Å². The molecule has 0 radical (unpaired) electrons. The average molecular weight is 133 g/mol. The summed E-state index contributed by atoms with van der Waals surface area (Å²) in [5.74, 6) is 0. The molecule has 56 valence electrons. The van der Waals surface area contributed by atoms with Crippen molar-refractivity contribution in [1.29, 1.82) is 0 Å². The lowest BCUT2D eigenvalue weighted by Gasteiger charge is -2.09. The van der Waals surface area contributed by atoms with Gasteiger partial charge in [-0.1, -0.05) is 25.0 Å². The minimum atomic E-state index is 0.602. The zero-order chi connectivity index (χ0) is 7.11. The van der Waals surface area contributed by atoms with E-state index in [1.165, 1.54) is 7.11 Å². The van der Waals surface area contributed by atoms with Gasteiger partial charge < -0.3 is 0 Å². The Balaban J connectivity index is 2.88. The summed E-state index contributed by atoms with van der Waals surface area (Å²) in [5, 5.41) is 9.55. The second-order valence-electron chi connectivity index (χ2n) is 1.97. The van der Waals surface area contributed by atoms with Crippen LogP contribution >= 0.6 is 0 Å². The predicted octanol–water partition coefficient (Wildman–Crippen LogP) is 1.43. The van der Waals surface area contributed by atoms with Crippen LogP contribution in [-0.4, -0.2) is 24.1 Å². The van der Waals surface area contributed by atoms with Crippen LogP contribution in [0.5, 0.6) is 0 Å². The van der Waals surface area contributed by atoms with Gasteiger partial charge in [-0.3, -0.25) is 10.0 Å². The second kappa shape index (κ2) is 6.01. The Kier molecular flexibility index (Phi) is 5.93. The normalized spacial score (nSPS) is 10.7. The summed E-state index contributed by atoms with van der Waals surface area (Å²) in [6, 6.07) is 0. The molecule has 0 fully saturated rings. The maximum absolute atomic E-state index is 8.70. The fraction of sp³-hybridized carbons (Fsp3) is 1.00. The first-order chi connectivity index (χ1) is 4.31. The van der Waals surface area contributed by atoms with Crippen molar-refractivity contribution in [1.82, 2.24) is 5.23 Å². The SMILES string of the molecule is CCCCCN(O)OC. The number of hydroxylamine groups is 2. The molecular formula is C6H15NO2. The summed E-state index contributed by atoms with van der Waals surface area (Å²) in [7, 11) is 1.45. The molecule has 3 nitrogen and oxygen atoms in total. The van der Waals surface area contributed by atoms with Gasteiger partial charge in [0.05, 0.1) is 13.7 Å². The molecule has 0 saturated carbocycles. The lowest BCUT2D eigenvalue weighted by molar-refractivity contribution is -0.325. The summed E-state index contributed by atoms with van der Waals surface area (Å²) < 4.78 is 0. The van der Waals surface area contributed by atoms with Crippen LogP contribution in [0.2, 0.25) is 0 Å². The molecule has 0 spiro atoms. The van der Waals surface area contributed by atoms with Gasteiger partial charge in [-0.2, -0.15) is 0 Å². The summed E-state index contributed by atoms with van der Waals surface area (Å²) in [4.78, 5) is 4.49. The van der Waals surface area contributed by atoms with E-state index in [2.05, 4.69) is 11.8 Å². The summed E-state index contributed by atoms with van der Waals surface area (Å²) in [5.41, 5.74) is 0. The van der Waals surface area contributed by atoms with Crippen molar-refractivity contribution in [2.24, 2.45) is 0 Å². The fourth-order valence-corrected chi connectivity index (χ4v) is 0.588. The molecule has 0 heterocycles. The molecule has 0 unspecified atom stereocenters. The lowest BCUT2D eigenvalue weighted by Crippen LogP contribution is -2.18. The summed E-state index contributed by atoms with van der Waals surface area (Å²) >= 11 is 0. The highest BCUT2D eigenvalue weighted by Gasteiger charge is 1.94. The van der Waals surface area contributed by atoms with Gasteiger partial charge in [0.15, 0.2) is 0 Å². The van der Waals surface area contributed by atoms with Crippen molar-refractivity contribution in [3.8, 4) is 0 Å². The van der Waals surface area contributed by atoms with Gasteiger partial charge in [-0.15, -0.1) is 0 Å². The number of hydrogen-bond acceptors (Lipinski definition) is 3. The van der Waals surface area contributed by atoms with Crippen molar-refractivity contribution >= 4 is 0 Å². The van der Waals surface area contributed by atoms with E-state index in [9.17, 15) is 0 Å². The molecule has 0 aliphatic carbocycles. The Hall–Kier alpha value is -0.120. The third kappa shape index (κ3) is 5.76. The second-order valence-corrected chi connectivity index (χ2v) is 1.97. The van der Waals surface area contributed by atoms with Crippen molar-refractivity contribution in [3.63, 3.8) is 0 Å². The Morgan fingerprint density at radius 1 is 1.44 bits per heavy atom. The highest BCUT2D eigenvalue weighted by molar-refractivity contribution is 4.36. The van der Waals surface area contributed by atoms with Gasteiger partial charge in [0.2, 0.25) is 0 Å². The zero-order valence-corrected chi connectivity index (χ0v) is 6.13. The number of nitrogens with zero attached hydrogens (tertiary/aromatic N) is 1. The molecule has 0 saturated heterocycles. The molecule has 0 aromatic heterocycles. The quantitative estimate of drug-likeness (QED) is 0.455. The predicted molar refractivity (Wildman–Crippen MR) is 35.0 cm³/mol. The molecule has 0 aromatic carbocycles. The highest BCUT2D eigenvalue weighted by Crippen LogP contribution is 1.94. The first kappa shape index (κ1) is 8.88. The summed E-state index contributed by atoms with van der Waals surface area (Å²) in [6.07, 6.45) is 3.29. The van der Waals surface area contributed by atoms with Crippen LogP contribution in [0, 0.1) is 0 Å². The summed E-state index contributed by atoms with van der Waals surface area (Å²) in [6.45, 7) is 2.72. The average Bonchev–Trinajstić information content (AvgIpc) is 1.89. The molecule has 0 aliphatic heterocycles. The van der Waals surface area contributed by atoms with Crippen LogP contribution in [0.3, 0.4) is 0 Å². The van der Waals surface area contributed by atoms with Crippen molar-refractivity contribution in [3.05, 3.63) is 0 Å². The van der Waals surface area contributed by atoms with Crippen LogP contribution in [0.4, 0.5) is 0 Å².